The second-order valence-electron chi connectivity index (χ2n) is 12.0. The molecule has 8 amide bonds. The van der Waals surface area contributed by atoms with Gasteiger partial charge in [0.1, 0.15) is 26.1 Å². The van der Waals surface area contributed by atoms with Crippen LogP contribution in [0.5, 0.6) is 0 Å². The van der Waals surface area contributed by atoms with Gasteiger partial charge in [-0.05, 0) is 6.42 Å². The molecule has 3 rings (SSSR count). The molecule has 0 aromatic heterocycles. The number of Topliss-reactive ketones (excluding diaryl/α,β-unsaturated/α-hetero) is 1. The molecule has 1 fully saturated rings. The SMILES string of the molecule is NCCNC(=O)CC(=O)O.O=C(COCCOCCN1C(=O)C=CC1=O)ON1C(=O)CCC1=O.O=C(O)CC(=O)NCCCC(=O)COCCOCCN1C(=O)C=CC1=O. The highest BCUT2D eigenvalue weighted by atomic mass is 16.7. The zero-order valence-corrected chi connectivity index (χ0v) is 32.5. The summed E-state index contributed by atoms with van der Waals surface area (Å²) in [4.78, 5) is 139. The number of aliphatic carboxylic acids is 2. The number of ether oxygens (including phenoxy) is 4. The van der Waals surface area contributed by atoms with E-state index in [1.807, 2.05) is 0 Å². The summed E-state index contributed by atoms with van der Waals surface area (Å²) in [5.41, 5.74) is 5.05. The smallest absolute Gasteiger partial charge is 0.358 e. The molecule has 6 N–H and O–H groups in total. The van der Waals surface area contributed by atoms with E-state index in [0.717, 1.165) is 9.80 Å². The Morgan fingerprint density at radius 1 is 0.600 bits per heavy atom. The standard InChI is InChI=1S/C16H22N2O8.C14H16N2O8.C5H10N2O3/c19-12(2-1-5-17-13(20)10-16(23)24)11-26-9-8-25-7-6-18-14(21)3-4-15(18)22;17-10-1-2-11(18)15(10)5-6-22-7-8-23-9-14(21)24-16-12(19)3-4-13(16)20;6-1-2-7-4(8)3-5(9)10/h3-4H,1-2,5-11H2,(H,17,20)(H,23,24);1-2H,3-9H2;1-3,6H2,(H,7,8)(H,9,10). The molecular weight excluding hydrogens is 808 g/mol. The molecule has 1 saturated heterocycles. The Hall–Kier alpha value is -6.28. The molecule has 0 spiro atoms. The number of carbonyl (C=O) groups excluding carboxylic acids is 10. The van der Waals surface area contributed by atoms with Crippen molar-refractivity contribution in [2.45, 2.75) is 38.5 Å². The molecule has 3 aliphatic heterocycles. The first-order valence-corrected chi connectivity index (χ1v) is 18.2. The van der Waals surface area contributed by atoms with Crippen molar-refractivity contribution in [1.29, 1.82) is 0 Å². The minimum Gasteiger partial charge on any atom is -0.481 e. The van der Waals surface area contributed by atoms with Gasteiger partial charge in [-0.15, -0.1) is 5.06 Å². The van der Waals surface area contributed by atoms with E-state index in [4.69, 9.17) is 34.9 Å². The van der Waals surface area contributed by atoms with Crippen molar-refractivity contribution in [2.75, 3.05) is 85.6 Å². The van der Waals surface area contributed by atoms with Gasteiger partial charge in [0.15, 0.2) is 5.78 Å². The van der Waals surface area contributed by atoms with Gasteiger partial charge in [0.25, 0.3) is 35.4 Å². The number of nitrogens with zero attached hydrogens (tertiary/aromatic N) is 3. The summed E-state index contributed by atoms with van der Waals surface area (Å²) in [6.07, 6.45) is 4.36. The van der Waals surface area contributed by atoms with Crippen LogP contribution in [0, 0.1) is 0 Å². The molecule has 0 radical (unpaired) electrons. The fourth-order valence-electron chi connectivity index (χ4n) is 4.38. The average Bonchev–Trinajstić information content (AvgIpc) is 3.81. The lowest BCUT2D eigenvalue weighted by atomic mass is 10.2. The van der Waals surface area contributed by atoms with E-state index in [1.54, 1.807) is 0 Å². The lowest BCUT2D eigenvalue weighted by Gasteiger charge is -2.14. The van der Waals surface area contributed by atoms with Crippen LogP contribution >= 0.6 is 0 Å². The van der Waals surface area contributed by atoms with E-state index >= 15 is 0 Å². The number of carboxylic acid groups (broad SMARTS) is 2. The van der Waals surface area contributed by atoms with Gasteiger partial charge in [-0.1, -0.05) is 0 Å². The third-order valence-electron chi connectivity index (χ3n) is 7.19. The molecule has 3 heterocycles. The summed E-state index contributed by atoms with van der Waals surface area (Å²) >= 11 is 0. The number of nitrogens with two attached hydrogens (primary N) is 1. The highest BCUT2D eigenvalue weighted by Crippen LogP contribution is 2.12. The number of carbonyl (C=O) groups is 12. The summed E-state index contributed by atoms with van der Waals surface area (Å²) in [5.74, 6) is -7.03. The maximum absolute atomic E-state index is 11.5. The number of imide groups is 3. The highest BCUT2D eigenvalue weighted by molar-refractivity contribution is 6.13. The first-order chi connectivity index (χ1) is 28.5. The number of hydrogen-bond donors (Lipinski definition) is 5. The zero-order valence-electron chi connectivity index (χ0n) is 32.5. The van der Waals surface area contributed by atoms with Crippen LogP contribution in [0.4, 0.5) is 0 Å². The Balaban J connectivity index is 0.000000492. The minimum absolute atomic E-state index is 0.0261. The molecule has 332 valence electrons. The summed E-state index contributed by atoms with van der Waals surface area (Å²) < 4.78 is 20.5. The largest absolute Gasteiger partial charge is 0.481 e. The lowest BCUT2D eigenvalue weighted by Crippen LogP contribution is -2.34. The van der Waals surface area contributed by atoms with Gasteiger partial charge in [0.2, 0.25) is 11.8 Å². The van der Waals surface area contributed by atoms with Gasteiger partial charge >= 0.3 is 17.9 Å². The molecule has 60 heavy (non-hydrogen) atoms. The predicted molar refractivity (Wildman–Crippen MR) is 196 cm³/mol. The Bertz CT molecular complexity index is 1580. The lowest BCUT2D eigenvalue weighted by molar-refractivity contribution is -0.200. The van der Waals surface area contributed by atoms with Crippen molar-refractivity contribution in [3.05, 3.63) is 24.3 Å². The van der Waals surface area contributed by atoms with Gasteiger partial charge < -0.3 is 50.4 Å². The second-order valence-corrected chi connectivity index (χ2v) is 12.0. The van der Waals surface area contributed by atoms with E-state index < -0.39 is 61.0 Å². The number of hydrogen-bond acceptors (Lipinski definition) is 18. The van der Waals surface area contributed by atoms with Gasteiger partial charge in [0.05, 0.1) is 52.7 Å². The van der Waals surface area contributed by atoms with Gasteiger partial charge in [-0.25, -0.2) is 4.79 Å². The van der Waals surface area contributed by atoms with Gasteiger partial charge in [0, 0.05) is 63.2 Å². The maximum Gasteiger partial charge on any atom is 0.358 e. The summed E-state index contributed by atoms with van der Waals surface area (Å²) in [5, 5.41) is 21.7. The van der Waals surface area contributed by atoms with E-state index in [0.29, 0.717) is 24.6 Å². The van der Waals surface area contributed by atoms with Gasteiger partial charge in [-0.3, -0.25) is 62.5 Å². The quantitative estimate of drug-likeness (QED) is 0.0298. The topological polar surface area (TPSA) is 351 Å². The molecule has 0 aliphatic carbocycles. The molecular formula is C35H48N6O19. The molecule has 0 saturated carbocycles. The Morgan fingerprint density at radius 2 is 1.02 bits per heavy atom. The third-order valence-corrected chi connectivity index (χ3v) is 7.19. The Kier molecular flexibility index (Phi) is 25.8. The zero-order chi connectivity index (χ0) is 44.9. The molecule has 3 aliphatic rings. The van der Waals surface area contributed by atoms with Crippen LogP contribution in [0.2, 0.25) is 0 Å². The van der Waals surface area contributed by atoms with E-state index in [-0.39, 0.29) is 115 Å². The van der Waals surface area contributed by atoms with Crippen LogP contribution < -0.4 is 16.4 Å². The normalized spacial score (nSPS) is 14.2. The monoisotopic (exact) mass is 856 g/mol. The molecule has 0 unspecified atom stereocenters. The maximum atomic E-state index is 11.5. The van der Waals surface area contributed by atoms with Crippen LogP contribution in [0.3, 0.4) is 0 Å². The number of hydroxylamine groups is 2. The first-order valence-electron chi connectivity index (χ1n) is 18.2. The molecule has 0 atom stereocenters. The fourth-order valence-corrected chi connectivity index (χ4v) is 4.38. The molecule has 25 heteroatoms. The second kappa shape index (κ2) is 29.9. The van der Waals surface area contributed by atoms with Crippen LogP contribution in [-0.4, -0.2) is 182 Å². The van der Waals surface area contributed by atoms with Gasteiger partial charge in [-0.2, -0.15) is 0 Å². The number of rotatable bonds is 27. The van der Waals surface area contributed by atoms with Crippen molar-refractivity contribution in [3.63, 3.8) is 0 Å². The third kappa shape index (κ3) is 23.2. The van der Waals surface area contributed by atoms with Crippen LogP contribution in [-0.2, 0) is 81.3 Å². The summed E-state index contributed by atoms with van der Waals surface area (Å²) in [6.45, 7) is 1.60. The predicted octanol–water partition coefficient (Wildman–Crippen LogP) is -4.03. The van der Waals surface area contributed by atoms with Crippen LogP contribution in [0.15, 0.2) is 24.3 Å². The van der Waals surface area contributed by atoms with E-state index in [1.165, 1.54) is 24.3 Å². The molecule has 0 aromatic rings. The summed E-state index contributed by atoms with van der Waals surface area (Å²) in [6, 6.07) is 0. The van der Waals surface area contributed by atoms with Crippen molar-refractivity contribution < 1.29 is 91.5 Å². The van der Waals surface area contributed by atoms with Crippen molar-refractivity contribution in [3.8, 4) is 0 Å². The Morgan fingerprint density at radius 3 is 1.45 bits per heavy atom. The first kappa shape index (κ1) is 51.7. The summed E-state index contributed by atoms with van der Waals surface area (Å²) in [7, 11) is 0. The molecule has 0 aromatic carbocycles. The number of ketones is 1. The number of carboxylic acids is 2. The Labute approximate surface area is 342 Å². The molecule has 0 bridgehead atoms. The minimum atomic E-state index is -1.20. The fraction of sp³-hybridized carbons (Fsp3) is 0.543. The van der Waals surface area contributed by atoms with Crippen LogP contribution in [0.1, 0.15) is 38.5 Å². The van der Waals surface area contributed by atoms with Crippen LogP contribution in [0.25, 0.3) is 0 Å². The van der Waals surface area contributed by atoms with Crippen molar-refractivity contribution in [1.82, 2.24) is 25.5 Å². The molecule has 25 nitrogen and oxygen atoms in total. The average molecular weight is 857 g/mol. The number of amides is 8. The van der Waals surface area contributed by atoms with Crippen molar-refractivity contribution in [2.24, 2.45) is 5.73 Å². The highest BCUT2D eigenvalue weighted by Gasteiger charge is 2.33. The van der Waals surface area contributed by atoms with E-state index in [2.05, 4.69) is 15.5 Å². The van der Waals surface area contributed by atoms with E-state index in [9.17, 15) is 57.5 Å². The van der Waals surface area contributed by atoms with Crippen molar-refractivity contribution >= 4 is 70.9 Å². The number of nitrogens with one attached hydrogen (secondary N) is 2.